The third kappa shape index (κ3) is 6.31. The molecule has 2 fully saturated rings. The molecule has 1 saturated heterocycles. The molecular formula is C40H34F5NO4S. The normalized spacial score (nSPS) is 18.7. The zero-order valence-corrected chi connectivity index (χ0v) is 28.7. The minimum atomic E-state index is -4.70. The standard InChI is InChI=1S/C40H34F5NO4S/c1-22-7-4-5-10-31(38(22)47)36-32-18-26(25-11-12-25)13-16-34(32)46(20-27-17-29(41)14-15-33(27)42)37(36)39(48)23(2)24(3)51(49,35-21-50-35)30-9-6-8-28(19-30)40(43,44)45/h4-6,8-10,13-19,23-25H,1,7,11-12,20-21H2,2-3H3/t23-,24+,51?/m1/s1. The molecule has 264 valence electrons. The van der Waals surface area contributed by atoms with E-state index in [1.54, 1.807) is 28.9 Å². The number of ketones is 2. The molecule has 0 radical (unpaired) electrons. The summed E-state index contributed by atoms with van der Waals surface area (Å²) in [7, 11) is -3.53. The molecule has 1 saturated carbocycles. The lowest BCUT2D eigenvalue weighted by Crippen LogP contribution is -2.34. The number of allylic oxidation sites excluding steroid dienone is 5. The Bertz CT molecular complexity index is 2330. The first-order valence-electron chi connectivity index (χ1n) is 16.6. The molecular weight excluding hydrogens is 686 g/mol. The van der Waals surface area contributed by atoms with Gasteiger partial charge in [-0.3, -0.25) is 13.8 Å². The van der Waals surface area contributed by atoms with Gasteiger partial charge in [-0.15, -0.1) is 0 Å². The van der Waals surface area contributed by atoms with Gasteiger partial charge in [-0.2, -0.15) is 13.2 Å². The van der Waals surface area contributed by atoms with Crippen LogP contribution >= 0.6 is 0 Å². The molecule has 0 amide bonds. The van der Waals surface area contributed by atoms with Crippen molar-refractivity contribution in [3.8, 4) is 0 Å². The molecule has 1 aliphatic heterocycles. The quantitative estimate of drug-likeness (QED) is 0.0570. The lowest BCUT2D eigenvalue weighted by Gasteiger charge is -2.25. The summed E-state index contributed by atoms with van der Waals surface area (Å²) < 4.78 is 92.9. The summed E-state index contributed by atoms with van der Waals surface area (Å²) in [5.74, 6) is -3.18. The zero-order chi connectivity index (χ0) is 36.4. The molecule has 3 atom stereocenters. The predicted octanol–water partition coefficient (Wildman–Crippen LogP) is 9.04. The van der Waals surface area contributed by atoms with Gasteiger partial charge >= 0.3 is 6.18 Å². The number of benzene rings is 3. The number of carbonyl (C=O) groups excluding carboxylic acids is 2. The highest BCUT2D eigenvalue weighted by atomic mass is 32.2. The summed E-state index contributed by atoms with van der Waals surface area (Å²) >= 11 is 0. The number of aromatic nitrogens is 1. The van der Waals surface area contributed by atoms with E-state index in [0.29, 0.717) is 22.4 Å². The first-order chi connectivity index (χ1) is 24.2. The van der Waals surface area contributed by atoms with Crippen LogP contribution in [0.25, 0.3) is 16.5 Å². The Morgan fingerprint density at radius 2 is 1.80 bits per heavy atom. The van der Waals surface area contributed by atoms with E-state index >= 15 is 9.18 Å². The third-order valence-corrected chi connectivity index (χ3v) is 13.4. The summed E-state index contributed by atoms with van der Waals surface area (Å²) in [6.45, 7) is 6.71. The van der Waals surface area contributed by atoms with Gasteiger partial charge in [0.25, 0.3) is 0 Å². The van der Waals surface area contributed by atoms with Gasteiger partial charge < -0.3 is 9.30 Å². The monoisotopic (exact) mass is 719 g/mol. The molecule has 4 aromatic rings. The van der Waals surface area contributed by atoms with Crippen LogP contribution in [-0.4, -0.2) is 37.2 Å². The lowest BCUT2D eigenvalue weighted by atomic mass is 9.90. The molecule has 51 heavy (non-hydrogen) atoms. The Morgan fingerprint density at radius 1 is 1.06 bits per heavy atom. The number of halogens is 5. The average Bonchev–Trinajstić information content (AvgIpc) is 4.04. The molecule has 0 spiro atoms. The lowest BCUT2D eigenvalue weighted by molar-refractivity contribution is -0.137. The van der Waals surface area contributed by atoms with Gasteiger partial charge in [0.15, 0.2) is 11.6 Å². The number of nitrogens with zero attached hydrogens (tertiary/aromatic N) is 1. The maximum Gasteiger partial charge on any atom is 0.416 e. The molecule has 0 N–H and O–H groups in total. The molecule has 1 aromatic heterocycles. The van der Waals surface area contributed by atoms with Gasteiger partial charge in [-0.05, 0) is 84.8 Å². The van der Waals surface area contributed by atoms with Gasteiger partial charge in [0.2, 0.25) is 0 Å². The second-order valence-corrected chi connectivity index (χ2v) is 16.3. The Morgan fingerprint density at radius 3 is 2.49 bits per heavy atom. The van der Waals surface area contributed by atoms with Gasteiger partial charge in [-0.25, -0.2) is 8.78 Å². The summed E-state index contributed by atoms with van der Waals surface area (Å²) in [6, 6.07) is 12.9. The fourth-order valence-corrected chi connectivity index (χ4v) is 9.63. The summed E-state index contributed by atoms with van der Waals surface area (Å²) in [4.78, 5) is 28.9. The maximum atomic E-state index is 15.3. The largest absolute Gasteiger partial charge is 0.416 e. The molecule has 5 nitrogen and oxygen atoms in total. The number of Topliss-reactive ketones (excluding diaryl/α,β-unsaturated/α-hetero) is 2. The van der Waals surface area contributed by atoms with E-state index in [2.05, 4.69) is 6.58 Å². The van der Waals surface area contributed by atoms with Crippen LogP contribution in [0.15, 0.2) is 95.9 Å². The van der Waals surface area contributed by atoms with Crippen LogP contribution in [0, 0.1) is 17.6 Å². The number of alkyl halides is 3. The van der Waals surface area contributed by atoms with Crippen LogP contribution in [0.2, 0.25) is 0 Å². The van der Waals surface area contributed by atoms with Crippen molar-refractivity contribution in [2.75, 3.05) is 6.61 Å². The van der Waals surface area contributed by atoms with Crippen molar-refractivity contribution in [1.82, 2.24) is 4.57 Å². The van der Waals surface area contributed by atoms with E-state index in [0.717, 1.165) is 48.7 Å². The molecule has 2 heterocycles. The summed E-state index contributed by atoms with van der Waals surface area (Å²) in [5.41, 5.74) is 1.24. The highest BCUT2D eigenvalue weighted by molar-refractivity contribution is 8.03. The number of rotatable bonds is 9. The number of ether oxygens (including phenoxy) is 1. The number of fused-ring (bicyclic) bond motifs is 1. The smallest absolute Gasteiger partial charge is 0.333 e. The first kappa shape index (κ1) is 34.8. The van der Waals surface area contributed by atoms with Crippen molar-refractivity contribution in [3.05, 3.63) is 131 Å². The van der Waals surface area contributed by atoms with E-state index in [1.807, 2.05) is 12.1 Å². The molecule has 3 aromatic carbocycles. The first-order valence-corrected chi connectivity index (χ1v) is 18.2. The van der Waals surface area contributed by atoms with Crippen LogP contribution in [0.3, 0.4) is 0 Å². The molecule has 11 heteroatoms. The fraction of sp³-hybridized carbons (Fsp3) is 0.275. The molecule has 3 aliphatic rings. The second-order valence-electron chi connectivity index (χ2n) is 13.4. The van der Waals surface area contributed by atoms with Crippen LogP contribution in [0.5, 0.6) is 0 Å². The van der Waals surface area contributed by atoms with Crippen molar-refractivity contribution < 1.29 is 40.5 Å². The van der Waals surface area contributed by atoms with E-state index in [-0.39, 0.29) is 51.9 Å². The summed E-state index contributed by atoms with van der Waals surface area (Å²) in [5, 5.41) is -0.429. The van der Waals surface area contributed by atoms with Crippen LogP contribution in [-0.2, 0) is 31.8 Å². The Hall–Kier alpha value is -4.61. The predicted molar refractivity (Wildman–Crippen MR) is 187 cm³/mol. The maximum absolute atomic E-state index is 15.3. The Kier molecular flexibility index (Phi) is 8.78. The van der Waals surface area contributed by atoms with Gasteiger partial charge in [0.1, 0.15) is 23.3 Å². The molecule has 1 unspecified atom stereocenters. The van der Waals surface area contributed by atoms with E-state index in [1.165, 1.54) is 26.0 Å². The van der Waals surface area contributed by atoms with Crippen molar-refractivity contribution in [1.29, 1.82) is 0 Å². The number of hydrogen-bond donors (Lipinski definition) is 0. The average molecular weight is 720 g/mol. The number of carbonyl (C=O) groups is 2. The van der Waals surface area contributed by atoms with Crippen LogP contribution in [0.1, 0.15) is 71.8 Å². The zero-order valence-electron chi connectivity index (χ0n) is 27.9. The Labute approximate surface area is 292 Å². The second kappa shape index (κ2) is 12.9. The minimum absolute atomic E-state index is 0.0103. The van der Waals surface area contributed by atoms with Gasteiger partial charge in [-0.1, -0.05) is 50.8 Å². The Balaban J connectivity index is 1.45. The number of hydrogen-bond acceptors (Lipinski definition) is 4. The minimum Gasteiger partial charge on any atom is -0.333 e. The van der Waals surface area contributed by atoms with Gasteiger partial charge in [0.05, 0.1) is 17.8 Å². The highest BCUT2D eigenvalue weighted by Gasteiger charge is 2.41. The highest BCUT2D eigenvalue weighted by Crippen LogP contribution is 2.44. The SMILES string of the molecule is C=C1CC=CC=C(c2c(C(=O)[C@H](C)[C@H](C)S(=O)(=C3CO3)c3cccc(C(F)(F)F)c3)n(Cc3cc(F)ccc3F)c3ccc(C4CC4)cc23)C1=O. The van der Waals surface area contributed by atoms with Crippen molar-refractivity contribution in [2.45, 2.75) is 61.9 Å². The van der Waals surface area contributed by atoms with E-state index in [9.17, 15) is 26.6 Å². The molecule has 7 rings (SSSR count). The number of epoxide rings is 1. The molecule has 0 bridgehead atoms. The topological polar surface area (TPSA) is 68.7 Å². The van der Waals surface area contributed by atoms with Crippen LogP contribution in [0.4, 0.5) is 22.0 Å². The van der Waals surface area contributed by atoms with E-state index < -0.39 is 55.6 Å². The molecule has 2 aliphatic carbocycles. The summed E-state index contributed by atoms with van der Waals surface area (Å²) in [6.07, 6.45) is 2.62. The third-order valence-electron chi connectivity index (χ3n) is 10.1. The van der Waals surface area contributed by atoms with Gasteiger partial charge in [0, 0.05) is 53.2 Å². The van der Waals surface area contributed by atoms with Crippen molar-refractivity contribution in [2.24, 2.45) is 5.92 Å². The van der Waals surface area contributed by atoms with Crippen molar-refractivity contribution >= 4 is 42.6 Å². The fourth-order valence-electron chi connectivity index (χ4n) is 6.84. The van der Waals surface area contributed by atoms with Crippen molar-refractivity contribution in [3.63, 3.8) is 0 Å². The van der Waals surface area contributed by atoms with E-state index in [4.69, 9.17) is 4.74 Å². The van der Waals surface area contributed by atoms with Crippen LogP contribution < -0.4 is 0 Å².